The van der Waals surface area contributed by atoms with E-state index >= 15 is 0 Å². The summed E-state index contributed by atoms with van der Waals surface area (Å²) in [6.45, 7) is 0.214. The fourth-order valence-corrected chi connectivity index (χ4v) is 3.04. The van der Waals surface area contributed by atoms with E-state index in [0.717, 1.165) is 17.7 Å². The van der Waals surface area contributed by atoms with E-state index in [1.807, 2.05) is 24.3 Å². The minimum atomic E-state index is -0.806. The van der Waals surface area contributed by atoms with Crippen LogP contribution in [0.1, 0.15) is 23.7 Å². The molecule has 5 nitrogen and oxygen atoms in total. The Balaban J connectivity index is 1.84. The third-order valence-corrected chi connectivity index (χ3v) is 4.34. The van der Waals surface area contributed by atoms with Crippen LogP contribution < -0.4 is 14.4 Å². The second kappa shape index (κ2) is 6.93. The van der Waals surface area contributed by atoms with Crippen molar-refractivity contribution in [2.24, 2.45) is 0 Å². The van der Waals surface area contributed by atoms with Crippen LogP contribution in [0.3, 0.4) is 0 Å². The Morgan fingerprint density at radius 1 is 1.08 bits per heavy atom. The number of carbonyl (C=O) groups is 1. The van der Waals surface area contributed by atoms with Gasteiger partial charge in [0, 0.05) is 12.1 Å². The number of carbonyl (C=O) groups excluding carboxylic acids is 1. The van der Waals surface area contributed by atoms with Crippen molar-refractivity contribution >= 4 is 11.6 Å². The van der Waals surface area contributed by atoms with Gasteiger partial charge in [-0.1, -0.05) is 24.3 Å². The third-order valence-electron chi connectivity index (χ3n) is 4.34. The van der Waals surface area contributed by atoms with Crippen molar-refractivity contribution in [1.82, 2.24) is 0 Å². The molecule has 1 aliphatic heterocycles. The summed E-state index contributed by atoms with van der Waals surface area (Å²) in [5.41, 5.74) is 2.70. The highest BCUT2D eigenvalue weighted by molar-refractivity contribution is 5.96. The Bertz CT molecular complexity index is 744. The van der Waals surface area contributed by atoms with Gasteiger partial charge in [-0.15, -0.1) is 0 Å². The molecule has 5 heteroatoms. The predicted molar refractivity (Wildman–Crippen MR) is 91.6 cm³/mol. The minimum Gasteiger partial charge on any atom is -0.493 e. The highest BCUT2D eigenvalue weighted by Crippen LogP contribution is 2.32. The van der Waals surface area contributed by atoms with Gasteiger partial charge in [0.15, 0.2) is 11.5 Å². The molecule has 1 aliphatic rings. The number of amides is 1. The van der Waals surface area contributed by atoms with Crippen LogP contribution in [0.25, 0.3) is 0 Å². The molecule has 126 valence electrons. The number of aryl methyl sites for hydroxylation is 1. The molecule has 1 atom stereocenters. The summed E-state index contributed by atoms with van der Waals surface area (Å²) in [5.74, 6) is 1.19. The highest BCUT2D eigenvalue weighted by atomic mass is 16.5. The molecule has 0 saturated heterocycles. The number of nitrogens with zero attached hydrogens (tertiary/aromatic N) is 1. The van der Waals surface area contributed by atoms with Crippen LogP contribution in [-0.4, -0.2) is 31.8 Å². The molecular weight excluding hydrogens is 306 g/mol. The first-order valence-electron chi connectivity index (χ1n) is 7.92. The number of rotatable bonds is 5. The molecular formula is C19H21NO4. The number of anilines is 1. The Labute approximate surface area is 141 Å². The van der Waals surface area contributed by atoms with Gasteiger partial charge in [0.25, 0.3) is 0 Å². The summed E-state index contributed by atoms with van der Waals surface area (Å²) < 4.78 is 10.5. The molecule has 0 aromatic heterocycles. The maximum Gasteiger partial charge on any atom is 0.227 e. The SMILES string of the molecule is COc1ccc(C(O)CN2C(=O)CCc3ccccc32)cc1OC. The average Bonchev–Trinajstić information content (AvgIpc) is 2.63. The number of hydrogen-bond acceptors (Lipinski definition) is 4. The number of fused-ring (bicyclic) bond motifs is 1. The fourth-order valence-electron chi connectivity index (χ4n) is 3.04. The first kappa shape index (κ1) is 16.3. The molecule has 2 aromatic carbocycles. The zero-order chi connectivity index (χ0) is 17.1. The Hall–Kier alpha value is -2.53. The summed E-state index contributed by atoms with van der Waals surface area (Å²) in [6, 6.07) is 13.1. The fraction of sp³-hybridized carbons (Fsp3) is 0.316. The van der Waals surface area contributed by atoms with E-state index < -0.39 is 6.10 Å². The largest absolute Gasteiger partial charge is 0.493 e. The number of aliphatic hydroxyl groups excluding tert-OH is 1. The van der Waals surface area contributed by atoms with Crippen molar-refractivity contribution in [3.8, 4) is 11.5 Å². The van der Waals surface area contributed by atoms with E-state index in [4.69, 9.17) is 9.47 Å². The highest BCUT2D eigenvalue weighted by Gasteiger charge is 2.26. The third kappa shape index (κ3) is 3.08. The predicted octanol–water partition coefficient (Wildman–Crippen LogP) is 2.72. The molecule has 0 saturated carbocycles. The Kier molecular flexibility index (Phi) is 4.71. The van der Waals surface area contributed by atoms with Gasteiger partial charge in [-0.3, -0.25) is 4.79 Å². The number of para-hydroxylation sites is 1. The molecule has 24 heavy (non-hydrogen) atoms. The average molecular weight is 327 g/mol. The normalized spacial score (nSPS) is 15.0. The van der Waals surface area contributed by atoms with Crippen LogP contribution in [0, 0.1) is 0 Å². The Morgan fingerprint density at radius 2 is 1.83 bits per heavy atom. The van der Waals surface area contributed by atoms with Gasteiger partial charge in [-0.25, -0.2) is 0 Å². The van der Waals surface area contributed by atoms with Crippen LogP contribution in [0.4, 0.5) is 5.69 Å². The van der Waals surface area contributed by atoms with E-state index in [0.29, 0.717) is 23.5 Å². The van der Waals surface area contributed by atoms with Gasteiger partial charge in [0.2, 0.25) is 5.91 Å². The van der Waals surface area contributed by atoms with Gasteiger partial charge >= 0.3 is 0 Å². The van der Waals surface area contributed by atoms with Crippen molar-refractivity contribution in [2.45, 2.75) is 18.9 Å². The number of aliphatic hydroxyl groups is 1. The molecule has 0 radical (unpaired) electrons. The van der Waals surface area contributed by atoms with Crippen LogP contribution in [0.5, 0.6) is 11.5 Å². The van der Waals surface area contributed by atoms with E-state index in [9.17, 15) is 9.90 Å². The van der Waals surface area contributed by atoms with Crippen LogP contribution in [-0.2, 0) is 11.2 Å². The Morgan fingerprint density at radius 3 is 2.58 bits per heavy atom. The van der Waals surface area contributed by atoms with Crippen molar-refractivity contribution in [3.63, 3.8) is 0 Å². The zero-order valence-electron chi connectivity index (χ0n) is 13.9. The summed E-state index contributed by atoms with van der Waals surface area (Å²) in [6.07, 6.45) is 0.410. The van der Waals surface area contributed by atoms with Crippen LogP contribution >= 0.6 is 0 Å². The second-order valence-electron chi connectivity index (χ2n) is 5.76. The maximum atomic E-state index is 12.3. The summed E-state index contributed by atoms with van der Waals surface area (Å²) in [4.78, 5) is 14.0. The standard InChI is InChI=1S/C19H21NO4/c1-23-17-9-7-14(11-18(17)24-2)16(21)12-20-15-6-4-3-5-13(15)8-10-19(20)22/h3-7,9,11,16,21H,8,10,12H2,1-2H3. The smallest absolute Gasteiger partial charge is 0.227 e. The first-order valence-corrected chi connectivity index (χ1v) is 7.92. The number of methoxy groups -OCH3 is 2. The van der Waals surface area contributed by atoms with Gasteiger partial charge in [0.05, 0.1) is 26.9 Å². The number of β-amino-alcohol motifs (C(OH)–C–C–N with tert-alkyl or cyclic N) is 1. The summed E-state index contributed by atoms with van der Waals surface area (Å²) in [5, 5.41) is 10.6. The number of benzene rings is 2. The maximum absolute atomic E-state index is 12.3. The van der Waals surface area contributed by atoms with Crippen molar-refractivity contribution < 1.29 is 19.4 Å². The number of hydrogen-bond donors (Lipinski definition) is 1. The van der Waals surface area contributed by atoms with E-state index in [1.54, 1.807) is 37.3 Å². The molecule has 0 bridgehead atoms. The lowest BCUT2D eigenvalue weighted by Crippen LogP contribution is -2.38. The van der Waals surface area contributed by atoms with Crippen molar-refractivity contribution in [3.05, 3.63) is 53.6 Å². The molecule has 1 heterocycles. The zero-order valence-corrected chi connectivity index (χ0v) is 13.9. The van der Waals surface area contributed by atoms with Gasteiger partial charge < -0.3 is 19.5 Å². The van der Waals surface area contributed by atoms with Crippen molar-refractivity contribution in [2.75, 3.05) is 25.7 Å². The number of ether oxygens (including phenoxy) is 2. The second-order valence-corrected chi connectivity index (χ2v) is 5.76. The van der Waals surface area contributed by atoms with E-state index in [2.05, 4.69) is 0 Å². The molecule has 0 fully saturated rings. The molecule has 1 unspecified atom stereocenters. The molecule has 3 rings (SSSR count). The van der Waals surface area contributed by atoms with Crippen molar-refractivity contribution in [1.29, 1.82) is 0 Å². The molecule has 1 N–H and O–H groups in total. The molecule has 1 amide bonds. The van der Waals surface area contributed by atoms with E-state index in [-0.39, 0.29) is 12.5 Å². The lowest BCUT2D eigenvalue weighted by atomic mass is 10.00. The molecule has 0 aliphatic carbocycles. The van der Waals surface area contributed by atoms with E-state index in [1.165, 1.54) is 0 Å². The summed E-state index contributed by atoms with van der Waals surface area (Å²) in [7, 11) is 3.12. The topological polar surface area (TPSA) is 59.0 Å². The summed E-state index contributed by atoms with van der Waals surface area (Å²) >= 11 is 0. The van der Waals surface area contributed by atoms with Gasteiger partial charge in [-0.05, 0) is 35.7 Å². The van der Waals surface area contributed by atoms with Gasteiger partial charge in [-0.2, -0.15) is 0 Å². The monoisotopic (exact) mass is 327 g/mol. The lowest BCUT2D eigenvalue weighted by Gasteiger charge is -2.31. The molecule has 2 aromatic rings. The minimum absolute atomic E-state index is 0.0354. The first-order chi connectivity index (χ1) is 11.6. The van der Waals surface area contributed by atoms with Crippen LogP contribution in [0.15, 0.2) is 42.5 Å². The van der Waals surface area contributed by atoms with Gasteiger partial charge in [0.1, 0.15) is 0 Å². The lowest BCUT2D eigenvalue weighted by molar-refractivity contribution is -0.119. The molecule has 0 spiro atoms. The van der Waals surface area contributed by atoms with Crippen LogP contribution in [0.2, 0.25) is 0 Å². The quantitative estimate of drug-likeness (QED) is 0.917.